The molecule has 2 unspecified atom stereocenters. The minimum Gasteiger partial charge on any atom is -0.381 e. The van der Waals surface area contributed by atoms with Gasteiger partial charge in [-0.2, -0.15) is 5.26 Å². The number of nitrogens with one attached hydrogen (secondary N) is 1. The van der Waals surface area contributed by atoms with E-state index < -0.39 is 0 Å². The smallest absolute Gasteiger partial charge is 0.183 e. The third kappa shape index (κ3) is 5.25. The summed E-state index contributed by atoms with van der Waals surface area (Å²) >= 11 is 1.46. The number of rotatable bonds is 5. The summed E-state index contributed by atoms with van der Waals surface area (Å²) in [4.78, 5) is 6.62. The topological polar surface area (TPSA) is 60.6 Å². The van der Waals surface area contributed by atoms with Crippen LogP contribution >= 0.6 is 11.8 Å². The molecule has 0 spiro atoms. The maximum absolute atomic E-state index is 8.52. The minimum atomic E-state index is 0.635. The number of ether oxygens (including phenoxy) is 1. The molecule has 18 heavy (non-hydrogen) atoms. The number of aliphatic imine (C=N–C) groups is 1. The third-order valence-corrected chi connectivity index (χ3v) is 3.77. The predicted molar refractivity (Wildman–Crippen MR) is 75.5 cm³/mol. The van der Waals surface area contributed by atoms with Gasteiger partial charge in [-0.15, -0.1) is 0 Å². The van der Waals surface area contributed by atoms with Crippen molar-refractivity contribution in [1.82, 2.24) is 10.2 Å². The fourth-order valence-corrected chi connectivity index (χ4v) is 2.32. The lowest BCUT2D eigenvalue weighted by Gasteiger charge is -2.21. The van der Waals surface area contributed by atoms with Crippen LogP contribution in [0.5, 0.6) is 0 Å². The van der Waals surface area contributed by atoms with E-state index in [0.717, 1.165) is 26.3 Å². The van der Waals surface area contributed by atoms with Crippen LogP contribution in [0.2, 0.25) is 0 Å². The van der Waals surface area contributed by atoms with Crippen LogP contribution in [0.15, 0.2) is 4.99 Å². The Hall–Kier alpha value is -0.770. The Morgan fingerprint density at radius 3 is 2.94 bits per heavy atom. The fraction of sp³-hybridized carbons (Fsp3) is 0.833. The molecule has 0 aromatic carbocycles. The van der Waals surface area contributed by atoms with E-state index in [0.29, 0.717) is 23.5 Å². The van der Waals surface area contributed by atoms with Gasteiger partial charge < -0.3 is 9.64 Å². The van der Waals surface area contributed by atoms with Crippen LogP contribution in [0, 0.1) is 23.3 Å². The number of hydrogen-bond acceptors (Lipinski definition) is 5. The van der Waals surface area contributed by atoms with Crippen LogP contribution in [0.3, 0.4) is 0 Å². The minimum absolute atomic E-state index is 0.635. The molecule has 0 amide bonds. The molecule has 1 fully saturated rings. The SMILES string of the molecule is CSC(=NCCN(C)CC1COCC1C)NC#N. The summed E-state index contributed by atoms with van der Waals surface area (Å²) in [6.45, 7) is 6.67. The van der Waals surface area contributed by atoms with Gasteiger partial charge in [-0.05, 0) is 25.1 Å². The summed E-state index contributed by atoms with van der Waals surface area (Å²) in [5.41, 5.74) is 0. The van der Waals surface area contributed by atoms with Gasteiger partial charge in [0.25, 0.3) is 0 Å². The zero-order valence-electron chi connectivity index (χ0n) is 11.3. The number of amidine groups is 1. The fourth-order valence-electron chi connectivity index (χ4n) is 1.96. The molecule has 1 heterocycles. The van der Waals surface area contributed by atoms with E-state index >= 15 is 0 Å². The molecule has 0 bridgehead atoms. The lowest BCUT2D eigenvalue weighted by molar-refractivity contribution is 0.173. The molecule has 2 atom stereocenters. The highest BCUT2D eigenvalue weighted by atomic mass is 32.2. The van der Waals surface area contributed by atoms with Crippen molar-refractivity contribution in [3.05, 3.63) is 0 Å². The van der Waals surface area contributed by atoms with Crippen molar-refractivity contribution in [2.75, 3.05) is 46.2 Å². The molecule has 1 saturated heterocycles. The van der Waals surface area contributed by atoms with Crippen molar-refractivity contribution < 1.29 is 4.74 Å². The second kappa shape index (κ2) is 8.35. The Morgan fingerprint density at radius 2 is 2.39 bits per heavy atom. The molecule has 6 heteroatoms. The molecular weight excluding hydrogens is 248 g/mol. The first-order valence-electron chi connectivity index (χ1n) is 6.17. The van der Waals surface area contributed by atoms with Gasteiger partial charge in [0.05, 0.1) is 13.2 Å². The van der Waals surface area contributed by atoms with Crippen LogP contribution < -0.4 is 5.32 Å². The van der Waals surface area contributed by atoms with E-state index in [-0.39, 0.29) is 0 Å². The average Bonchev–Trinajstić information content (AvgIpc) is 2.74. The van der Waals surface area contributed by atoms with E-state index in [1.165, 1.54) is 11.8 Å². The molecule has 0 aliphatic carbocycles. The normalized spacial score (nSPS) is 24.3. The van der Waals surface area contributed by atoms with Crippen molar-refractivity contribution in [2.45, 2.75) is 6.92 Å². The van der Waals surface area contributed by atoms with Gasteiger partial charge >= 0.3 is 0 Å². The zero-order chi connectivity index (χ0) is 13.4. The molecule has 1 rings (SSSR count). The van der Waals surface area contributed by atoms with E-state index in [2.05, 4.69) is 29.2 Å². The van der Waals surface area contributed by atoms with Crippen LogP contribution in [0.4, 0.5) is 0 Å². The summed E-state index contributed by atoms with van der Waals surface area (Å²) in [7, 11) is 2.11. The molecular formula is C12H22N4OS. The van der Waals surface area contributed by atoms with Gasteiger partial charge in [0.15, 0.2) is 11.4 Å². The maximum Gasteiger partial charge on any atom is 0.183 e. The second-order valence-electron chi connectivity index (χ2n) is 4.66. The zero-order valence-corrected chi connectivity index (χ0v) is 12.2. The van der Waals surface area contributed by atoms with Crippen molar-refractivity contribution in [3.8, 4) is 6.19 Å². The van der Waals surface area contributed by atoms with E-state index in [9.17, 15) is 0 Å². The first-order chi connectivity index (χ1) is 8.67. The Bertz CT molecular complexity index is 316. The van der Waals surface area contributed by atoms with Crippen LogP contribution in [0.1, 0.15) is 6.92 Å². The standard InChI is InChI=1S/C12H22N4OS/c1-10-7-17-8-11(10)6-16(2)5-4-14-12(18-3)15-9-13/h10-11H,4-8H2,1-3H3,(H,14,15). The Kier molecular flexibility index (Phi) is 7.09. The second-order valence-corrected chi connectivity index (χ2v) is 5.46. The first-order valence-corrected chi connectivity index (χ1v) is 7.39. The van der Waals surface area contributed by atoms with Crippen molar-refractivity contribution in [2.24, 2.45) is 16.8 Å². The Morgan fingerprint density at radius 1 is 1.61 bits per heavy atom. The highest BCUT2D eigenvalue weighted by Gasteiger charge is 2.24. The molecule has 1 N–H and O–H groups in total. The molecule has 1 aliphatic heterocycles. The van der Waals surface area contributed by atoms with E-state index in [1.807, 2.05) is 12.4 Å². The molecule has 102 valence electrons. The lowest BCUT2D eigenvalue weighted by atomic mass is 9.98. The van der Waals surface area contributed by atoms with Gasteiger partial charge in [0, 0.05) is 19.7 Å². The molecule has 5 nitrogen and oxygen atoms in total. The summed E-state index contributed by atoms with van der Waals surface area (Å²) < 4.78 is 5.46. The van der Waals surface area contributed by atoms with Crippen LogP contribution in [-0.2, 0) is 4.74 Å². The van der Waals surface area contributed by atoms with E-state index in [1.54, 1.807) is 0 Å². The summed E-state index contributed by atoms with van der Waals surface area (Å²) in [6.07, 6.45) is 3.80. The lowest BCUT2D eigenvalue weighted by Crippen LogP contribution is -2.31. The number of thioether (sulfide) groups is 1. The van der Waals surface area contributed by atoms with E-state index in [4.69, 9.17) is 10.00 Å². The summed E-state index contributed by atoms with van der Waals surface area (Å²) in [6, 6.07) is 0. The van der Waals surface area contributed by atoms with Gasteiger partial charge in [0.2, 0.25) is 0 Å². The Balaban J connectivity index is 2.24. The molecule has 0 aromatic rings. The van der Waals surface area contributed by atoms with Gasteiger partial charge in [0.1, 0.15) is 0 Å². The van der Waals surface area contributed by atoms with Gasteiger partial charge in [-0.25, -0.2) is 0 Å². The quantitative estimate of drug-likeness (QED) is 0.349. The number of nitriles is 1. The average molecular weight is 270 g/mol. The molecule has 0 aromatic heterocycles. The Labute approximate surface area is 114 Å². The highest BCUT2D eigenvalue weighted by Crippen LogP contribution is 2.20. The molecule has 0 radical (unpaired) electrons. The van der Waals surface area contributed by atoms with Crippen LogP contribution in [-0.4, -0.2) is 56.2 Å². The predicted octanol–water partition coefficient (Wildman–Crippen LogP) is 0.990. The van der Waals surface area contributed by atoms with Crippen molar-refractivity contribution in [1.29, 1.82) is 5.26 Å². The number of nitrogens with zero attached hydrogens (tertiary/aromatic N) is 3. The molecule has 1 aliphatic rings. The van der Waals surface area contributed by atoms with Crippen molar-refractivity contribution in [3.63, 3.8) is 0 Å². The maximum atomic E-state index is 8.52. The van der Waals surface area contributed by atoms with Crippen molar-refractivity contribution >= 4 is 16.9 Å². The van der Waals surface area contributed by atoms with Gasteiger partial charge in [-0.3, -0.25) is 10.3 Å². The first kappa shape index (κ1) is 15.3. The summed E-state index contributed by atoms with van der Waals surface area (Å²) in [5, 5.41) is 11.8. The molecule has 0 saturated carbocycles. The van der Waals surface area contributed by atoms with Gasteiger partial charge in [-0.1, -0.05) is 18.7 Å². The monoisotopic (exact) mass is 270 g/mol. The third-order valence-electron chi connectivity index (χ3n) is 3.16. The van der Waals surface area contributed by atoms with Crippen LogP contribution in [0.25, 0.3) is 0 Å². The number of hydrogen-bond donors (Lipinski definition) is 1. The number of likely N-dealkylation sites (N-methyl/N-ethyl adjacent to an activating group) is 1. The summed E-state index contributed by atoms with van der Waals surface area (Å²) in [5.74, 6) is 1.29. The largest absolute Gasteiger partial charge is 0.381 e. The highest BCUT2D eigenvalue weighted by molar-refractivity contribution is 8.13.